The molecule has 58 valence electrons. The molecule has 0 bridgehead atoms. The lowest BCUT2D eigenvalue weighted by molar-refractivity contribution is 0.101. The zero-order valence-corrected chi connectivity index (χ0v) is 6.59. The van der Waals surface area contributed by atoms with Crippen LogP contribution >= 0.6 is 0 Å². The van der Waals surface area contributed by atoms with Crippen LogP contribution < -0.4 is 5.73 Å². The summed E-state index contributed by atoms with van der Waals surface area (Å²) in [6.07, 6.45) is 1.51. The Morgan fingerprint density at radius 2 is 2.27 bits per heavy atom. The number of pyridine rings is 1. The van der Waals surface area contributed by atoms with Crippen LogP contribution in [0.25, 0.3) is 0 Å². The smallest absolute Gasteiger partial charge is 0.161 e. The van der Waals surface area contributed by atoms with E-state index in [0.717, 1.165) is 5.69 Å². The fourth-order valence-electron chi connectivity index (χ4n) is 0.875. The summed E-state index contributed by atoms with van der Waals surface area (Å²) >= 11 is 0. The molecule has 1 heterocycles. The zero-order valence-electron chi connectivity index (χ0n) is 6.59. The predicted molar refractivity (Wildman–Crippen MR) is 43.4 cm³/mol. The van der Waals surface area contributed by atoms with E-state index >= 15 is 0 Å². The zero-order chi connectivity index (χ0) is 8.43. The number of nitrogens with two attached hydrogens (primary N) is 1. The second-order valence-electron chi connectivity index (χ2n) is 2.47. The Hall–Kier alpha value is -1.38. The van der Waals surface area contributed by atoms with Gasteiger partial charge in [-0.2, -0.15) is 0 Å². The van der Waals surface area contributed by atoms with Crippen LogP contribution in [0.3, 0.4) is 0 Å². The van der Waals surface area contributed by atoms with Crippen LogP contribution in [0.15, 0.2) is 12.3 Å². The molecule has 0 unspecified atom stereocenters. The van der Waals surface area contributed by atoms with E-state index in [-0.39, 0.29) is 5.78 Å². The highest BCUT2D eigenvalue weighted by molar-refractivity contribution is 5.98. The number of carbonyl (C=O) groups is 1. The van der Waals surface area contributed by atoms with Crippen molar-refractivity contribution >= 4 is 11.5 Å². The van der Waals surface area contributed by atoms with Crippen molar-refractivity contribution in [3.8, 4) is 0 Å². The minimum absolute atomic E-state index is 0.0204. The van der Waals surface area contributed by atoms with Crippen LogP contribution in [0.1, 0.15) is 23.0 Å². The number of aryl methyl sites for hydroxylation is 1. The molecule has 0 radical (unpaired) electrons. The molecule has 0 atom stereocenters. The van der Waals surface area contributed by atoms with E-state index in [0.29, 0.717) is 11.3 Å². The van der Waals surface area contributed by atoms with Gasteiger partial charge < -0.3 is 5.73 Å². The van der Waals surface area contributed by atoms with Crippen LogP contribution in [0, 0.1) is 6.92 Å². The molecule has 0 fully saturated rings. The topological polar surface area (TPSA) is 56.0 Å². The molecule has 0 aromatic carbocycles. The molecule has 3 heteroatoms. The molecular weight excluding hydrogens is 140 g/mol. The summed E-state index contributed by atoms with van der Waals surface area (Å²) in [6.45, 7) is 3.32. The van der Waals surface area contributed by atoms with Gasteiger partial charge in [0, 0.05) is 11.3 Å². The minimum atomic E-state index is -0.0204. The van der Waals surface area contributed by atoms with E-state index in [4.69, 9.17) is 5.73 Å². The molecule has 3 nitrogen and oxygen atoms in total. The van der Waals surface area contributed by atoms with Gasteiger partial charge in [-0.05, 0) is 19.9 Å². The molecule has 0 saturated heterocycles. The highest BCUT2D eigenvalue weighted by Crippen LogP contribution is 2.11. The Kier molecular flexibility index (Phi) is 1.89. The third-order valence-corrected chi connectivity index (χ3v) is 1.45. The summed E-state index contributed by atoms with van der Waals surface area (Å²) in [5, 5.41) is 0. The molecule has 0 aliphatic heterocycles. The summed E-state index contributed by atoms with van der Waals surface area (Å²) in [5.74, 6) is -0.0204. The molecule has 2 N–H and O–H groups in total. The Bertz CT molecular complexity index is 294. The average Bonchev–Trinajstić information content (AvgIpc) is 1.94. The first-order chi connectivity index (χ1) is 5.11. The van der Waals surface area contributed by atoms with Crippen molar-refractivity contribution in [3.63, 3.8) is 0 Å². The number of carbonyl (C=O) groups excluding carboxylic acids is 1. The number of ketones is 1. The fraction of sp³-hybridized carbons (Fsp3) is 0.250. The average molecular weight is 150 g/mol. The van der Waals surface area contributed by atoms with Crippen molar-refractivity contribution in [2.75, 3.05) is 5.73 Å². The Balaban J connectivity index is 3.23. The predicted octanol–water partition coefficient (Wildman–Crippen LogP) is 1.17. The second kappa shape index (κ2) is 2.70. The molecular formula is C8H10N2O. The van der Waals surface area contributed by atoms with E-state index in [9.17, 15) is 4.79 Å². The molecule has 1 rings (SSSR count). The molecule has 0 aliphatic carbocycles. The Morgan fingerprint density at radius 3 is 2.73 bits per heavy atom. The molecule has 0 aliphatic rings. The standard InChI is InChI=1S/C8H10N2O/c1-5-3-7(6(2)11)8(9)4-10-5/h3-4H,9H2,1-2H3. The van der Waals surface area contributed by atoms with Gasteiger partial charge in [0.15, 0.2) is 5.78 Å². The summed E-state index contributed by atoms with van der Waals surface area (Å²) in [4.78, 5) is 14.9. The number of nitrogen functional groups attached to an aromatic ring is 1. The lowest BCUT2D eigenvalue weighted by Gasteiger charge is -2.00. The first-order valence-corrected chi connectivity index (χ1v) is 3.34. The summed E-state index contributed by atoms with van der Waals surface area (Å²) < 4.78 is 0. The maximum absolute atomic E-state index is 10.9. The molecule has 1 aromatic heterocycles. The first-order valence-electron chi connectivity index (χ1n) is 3.34. The number of hydrogen-bond acceptors (Lipinski definition) is 3. The van der Waals surface area contributed by atoms with Gasteiger partial charge in [-0.15, -0.1) is 0 Å². The minimum Gasteiger partial charge on any atom is -0.397 e. The quantitative estimate of drug-likeness (QED) is 0.611. The number of nitrogens with zero attached hydrogens (tertiary/aromatic N) is 1. The van der Waals surface area contributed by atoms with Crippen LogP contribution in [-0.4, -0.2) is 10.8 Å². The molecule has 0 saturated carbocycles. The summed E-state index contributed by atoms with van der Waals surface area (Å²) in [6, 6.07) is 1.69. The fourth-order valence-corrected chi connectivity index (χ4v) is 0.875. The van der Waals surface area contributed by atoms with E-state index in [2.05, 4.69) is 4.98 Å². The Labute approximate surface area is 65.2 Å². The number of Topliss-reactive ketones (excluding diaryl/α,β-unsaturated/α-hetero) is 1. The van der Waals surface area contributed by atoms with Crippen LogP contribution in [0.2, 0.25) is 0 Å². The van der Waals surface area contributed by atoms with Crippen molar-refractivity contribution in [1.82, 2.24) is 4.98 Å². The first kappa shape index (κ1) is 7.72. The van der Waals surface area contributed by atoms with E-state index in [1.807, 2.05) is 6.92 Å². The van der Waals surface area contributed by atoms with Gasteiger partial charge in [-0.25, -0.2) is 0 Å². The Morgan fingerprint density at radius 1 is 1.64 bits per heavy atom. The lowest BCUT2D eigenvalue weighted by Crippen LogP contribution is -2.01. The van der Waals surface area contributed by atoms with E-state index < -0.39 is 0 Å². The van der Waals surface area contributed by atoms with E-state index in [1.54, 1.807) is 6.07 Å². The molecule has 11 heavy (non-hydrogen) atoms. The van der Waals surface area contributed by atoms with Gasteiger partial charge in [0.2, 0.25) is 0 Å². The monoisotopic (exact) mass is 150 g/mol. The van der Waals surface area contributed by atoms with Crippen LogP contribution in [0.5, 0.6) is 0 Å². The van der Waals surface area contributed by atoms with Gasteiger partial charge >= 0.3 is 0 Å². The number of aromatic nitrogens is 1. The maximum Gasteiger partial charge on any atom is 0.161 e. The van der Waals surface area contributed by atoms with Gasteiger partial charge in [0.25, 0.3) is 0 Å². The number of hydrogen-bond donors (Lipinski definition) is 1. The third kappa shape index (κ3) is 1.55. The molecule has 0 amide bonds. The van der Waals surface area contributed by atoms with Crippen molar-refractivity contribution in [1.29, 1.82) is 0 Å². The summed E-state index contributed by atoms with van der Waals surface area (Å²) in [5.41, 5.74) is 7.32. The van der Waals surface area contributed by atoms with Crippen molar-refractivity contribution < 1.29 is 4.79 Å². The SMILES string of the molecule is CC(=O)c1cc(C)ncc1N. The second-order valence-corrected chi connectivity index (χ2v) is 2.47. The van der Waals surface area contributed by atoms with Gasteiger partial charge in [-0.1, -0.05) is 0 Å². The van der Waals surface area contributed by atoms with Crippen LogP contribution in [0.4, 0.5) is 5.69 Å². The lowest BCUT2D eigenvalue weighted by atomic mass is 10.1. The van der Waals surface area contributed by atoms with E-state index in [1.165, 1.54) is 13.1 Å². The van der Waals surface area contributed by atoms with Gasteiger partial charge in [0.1, 0.15) is 0 Å². The molecule has 0 spiro atoms. The van der Waals surface area contributed by atoms with Crippen LogP contribution in [-0.2, 0) is 0 Å². The summed E-state index contributed by atoms with van der Waals surface area (Å²) in [7, 11) is 0. The largest absolute Gasteiger partial charge is 0.397 e. The number of anilines is 1. The van der Waals surface area contributed by atoms with Crippen molar-refractivity contribution in [2.45, 2.75) is 13.8 Å². The highest BCUT2D eigenvalue weighted by atomic mass is 16.1. The molecule has 1 aromatic rings. The normalized spacial score (nSPS) is 9.64. The highest BCUT2D eigenvalue weighted by Gasteiger charge is 2.03. The third-order valence-electron chi connectivity index (χ3n) is 1.45. The van der Waals surface area contributed by atoms with Gasteiger partial charge in [-0.3, -0.25) is 9.78 Å². The van der Waals surface area contributed by atoms with Crippen molar-refractivity contribution in [3.05, 3.63) is 23.5 Å². The van der Waals surface area contributed by atoms with Crippen molar-refractivity contribution in [2.24, 2.45) is 0 Å². The van der Waals surface area contributed by atoms with Gasteiger partial charge in [0.05, 0.1) is 11.9 Å². The maximum atomic E-state index is 10.9. The number of rotatable bonds is 1.